The highest BCUT2D eigenvalue weighted by Crippen LogP contribution is 2.25. The van der Waals surface area contributed by atoms with Crippen LogP contribution < -0.4 is 5.73 Å². The summed E-state index contributed by atoms with van der Waals surface area (Å²) in [6.45, 7) is 1.71. The Morgan fingerprint density at radius 1 is 1.53 bits per heavy atom. The number of hydrogen-bond donors (Lipinski definition) is 1. The van der Waals surface area contributed by atoms with Gasteiger partial charge in [0.05, 0.1) is 29.5 Å². The van der Waals surface area contributed by atoms with Crippen LogP contribution in [0.3, 0.4) is 0 Å². The molecular weight excluding hydrogens is 280 g/mol. The molecule has 1 unspecified atom stereocenters. The Labute approximate surface area is 122 Å². The summed E-state index contributed by atoms with van der Waals surface area (Å²) in [5.41, 5.74) is 7.21. The lowest BCUT2D eigenvalue weighted by molar-refractivity contribution is 0.366. The molecule has 2 aromatic rings. The largest absolute Gasteiger partial charge is 0.322 e. The van der Waals surface area contributed by atoms with Gasteiger partial charge in [-0.25, -0.2) is 0 Å². The normalized spacial score (nSPS) is 13.1. The van der Waals surface area contributed by atoms with E-state index in [0.717, 1.165) is 25.2 Å². The molecule has 0 saturated carbocycles. The minimum atomic E-state index is -0.115. The molecule has 0 aliphatic rings. The number of halogens is 1. The predicted octanol–water partition coefficient (Wildman–Crippen LogP) is 2.40. The third kappa shape index (κ3) is 3.79. The van der Waals surface area contributed by atoms with Crippen LogP contribution in [0.4, 0.5) is 0 Å². The lowest BCUT2D eigenvalue weighted by Gasteiger charge is -2.16. The molecule has 2 N–H and O–H groups in total. The lowest BCUT2D eigenvalue weighted by atomic mass is 10.1. The molecule has 0 fully saturated rings. The zero-order valence-electron chi connectivity index (χ0n) is 11.2. The van der Waals surface area contributed by atoms with E-state index in [2.05, 4.69) is 21.4 Å². The van der Waals surface area contributed by atoms with Crippen molar-refractivity contribution in [3.63, 3.8) is 0 Å². The first-order valence-corrected chi connectivity index (χ1v) is 7.47. The van der Waals surface area contributed by atoms with Crippen molar-refractivity contribution in [2.75, 3.05) is 20.6 Å². The van der Waals surface area contributed by atoms with E-state index < -0.39 is 0 Å². The number of likely N-dealkylation sites (N-methyl/N-ethyl adjacent to an activating group) is 1. The van der Waals surface area contributed by atoms with Gasteiger partial charge in [-0.15, -0.1) is 11.3 Å². The number of hydrogen-bond acceptors (Lipinski definition) is 4. The molecule has 2 rings (SSSR count). The molecule has 4 nitrogen and oxygen atoms in total. The van der Waals surface area contributed by atoms with Gasteiger partial charge in [-0.05, 0) is 25.5 Å². The molecule has 0 spiro atoms. The van der Waals surface area contributed by atoms with Gasteiger partial charge in [0.2, 0.25) is 0 Å². The van der Waals surface area contributed by atoms with E-state index in [9.17, 15) is 0 Å². The lowest BCUT2D eigenvalue weighted by Crippen LogP contribution is -2.23. The molecule has 0 radical (unpaired) electrons. The van der Waals surface area contributed by atoms with Gasteiger partial charge in [-0.3, -0.25) is 4.68 Å². The zero-order chi connectivity index (χ0) is 13.8. The standard InChI is InChI=1S/C13H19ClN4S/c1-17(2)5-6-18-13(11(14)9-16-18)12(15)8-10-4-3-7-19-10/h3-4,7,9,12H,5-6,8,15H2,1-2H3. The number of rotatable bonds is 6. The molecule has 2 heterocycles. The molecule has 0 aromatic carbocycles. The van der Waals surface area contributed by atoms with Crippen molar-refractivity contribution < 1.29 is 0 Å². The molecule has 0 saturated heterocycles. The van der Waals surface area contributed by atoms with E-state index in [1.807, 2.05) is 24.8 Å². The molecular formula is C13H19ClN4S. The summed E-state index contributed by atoms with van der Waals surface area (Å²) < 4.78 is 1.92. The van der Waals surface area contributed by atoms with Crippen LogP contribution >= 0.6 is 22.9 Å². The molecule has 6 heteroatoms. The molecule has 0 aliphatic carbocycles. The van der Waals surface area contributed by atoms with Gasteiger partial charge in [0.15, 0.2) is 0 Å². The maximum atomic E-state index is 6.29. The van der Waals surface area contributed by atoms with Gasteiger partial charge in [0, 0.05) is 17.8 Å². The van der Waals surface area contributed by atoms with Crippen molar-refractivity contribution in [1.82, 2.24) is 14.7 Å². The molecule has 2 aromatic heterocycles. The van der Waals surface area contributed by atoms with Crippen molar-refractivity contribution in [2.45, 2.75) is 19.0 Å². The smallest absolute Gasteiger partial charge is 0.0834 e. The summed E-state index contributed by atoms with van der Waals surface area (Å²) in [5, 5.41) is 7.04. The fraction of sp³-hybridized carbons (Fsp3) is 0.462. The van der Waals surface area contributed by atoms with Crippen molar-refractivity contribution in [2.24, 2.45) is 5.73 Å². The van der Waals surface area contributed by atoms with Crippen LogP contribution in [0.25, 0.3) is 0 Å². The second kappa shape index (κ2) is 6.52. The summed E-state index contributed by atoms with van der Waals surface area (Å²) in [6, 6.07) is 4.02. The molecule has 0 amide bonds. The van der Waals surface area contributed by atoms with E-state index in [1.54, 1.807) is 17.5 Å². The monoisotopic (exact) mass is 298 g/mol. The van der Waals surface area contributed by atoms with Crippen LogP contribution in [0.5, 0.6) is 0 Å². The highest BCUT2D eigenvalue weighted by molar-refractivity contribution is 7.09. The Kier molecular flexibility index (Phi) is 4.99. The minimum absolute atomic E-state index is 0.115. The van der Waals surface area contributed by atoms with Crippen LogP contribution in [0, 0.1) is 0 Å². The number of nitrogens with two attached hydrogens (primary N) is 1. The number of thiophene rings is 1. The fourth-order valence-corrected chi connectivity index (χ4v) is 3.00. The molecule has 0 aliphatic heterocycles. The van der Waals surface area contributed by atoms with E-state index in [0.29, 0.717) is 5.02 Å². The molecule has 19 heavy (non-hydrogen) atoms. The quantitative estimate of drug-likeness (QED) is 0.891. The topological polar surface area (TPSA) is 47.1 Å². The first-order valence-electron chi connectivity index (χ1n) is 6.22. The number of nitrogens with zero attached hydrogens (tertiary/aromatic N) is 3. The SMILES string of the molecule is CN(C)CCn1ncc(Cl)c1C(N)Cc1cccs1. The summed E-state index contributed by atoms with van der Waals surface area (Å²) in [6.07, 6.45) is 2.48. The fourth-order valence-electron chi connectivity index (χ4n) is 1.96. The van der Waals surface area contributed by atoms with Gasteiger partial charge in [-0.1, -0.05) is 17.7 Å². The maximum Gasteiger partial charge on any atom is 0.0834 e. The summed E-state index contributed by atoms with van der Waals surface area (Å²) in [5.74, 6) is 0. The zero-order valence-corrected chi connectivity index (χ0v) is 12.8. The Hall–Kier alpha value is -0.880. The van der Waals surface area contributed by atoms with Crippen LogP contribution in [-0.4, -0.2) is 35.3 Å². The molecule has 1 atom stereocenters. The Morgan fingerprint density at radius 2 is 2.32 bits per heavy atom. The van der Waals surface area contributed by atoms with Gasteiger partial charge in [-0.2, -0.15) is 5.10 Å². The Balaban J connectivity index is 2.11. The van der Waals surface area contributed by atoms with Crippen molar-refractivity contribution in [1.29, 1.82) is 0 Å². The third-order valence-electron chi connectivity index (χ3n) is 2.94. The second-order valence-corrected chi connectivity index (χ2v) is 6.23. The summed E-state index contributed by atoms with van der Waals surface area (Å²) in [4.78, 5) is 3.38. The first kappa shape index (κ1) is 14.5. The second-order valence-electron chi connectivity index (χ2n) is 4.79. The minimum Gasteiger partial charge on any atom is -0.322 e. The van der Waals surface area contributed by atoms with Gasteiger partial charge < -0.3 is 10.6 Å². The van der Waals surface area contributed by atoms with E-state index in [-0.39, 0.29) is 6.04 Å². The van der Waals surface area contributed by atoms with Crippen molar-refractivity contribution in [3.05, 3.63) is 39.3 Å². The van der Waals surface area contributed by atoms with Crippen molar-refractivity contribution >= 4 is 22.9 Å². The van der Waals surface area contributed by atoms with Crippen LogP contribution in [0.1, 0.15) is 16.6 Å². The van der Waals surface area contributed by atoms with Crippen LogP contribution in [-0.2, 0) is 13.0 Å². The van der Waals surface area contributed by atoms with Gasteiger partial charge in [0.25, 0.3) is 0 Å². The van der Waals surface area contributed by atoms with E-state index >= 15 is 0 Å². The first-order chi connectivity index (χ1) is 9.08. The number of aromatic nitrogens is 2. The highest BCUT2D eigenvalue weighted by Gasteiger charge is 2.17. The van der Waals surface area contributed by atoms with Crippen LogP contribution in [0.2, 0.25) is 5.02 Å². The highest BCUT2D eigenvalue weighted by atomic mass is 35.5. The van der Waals surface area contributed by atoms with E-state index in [4.69, 9.17) is 17.3 Å². The Bertz CT molecular complexity index is 507. The average Bonchev–Trinajstić information content (AvgIpc) is 2.96. The maximum absolute atomic E-state index is 6.29. The van der Waals surface area contributed by atoms with Crippen LogP contribution in [0.15, 0.2) is 23.7 Å². The van der Waals surface area contributed by atoms with E-state index in [1.165, 1.54) is 4.88 Å². The van der Waals surface area contributed by atoms with Crippen molar-refractivity contribution in [3.8, 4) is 0 Å². The summed E-state index contributed by atoms with van der Waals surface area (Å²) >= 11 is 7.94. The third-order valence-corrected chi connectivity index (χ3v) is 4.13. The molecule has 104 valence electrons. The molecule has 0 bridgehead atoms. The van der Waals surface area contributed by atoms with Gasteiger partial charge in [0.1, 0.15) is 0 Å². The Morgan fingerprint density at radius 3 is 2.95 bits per heavy atom. The predicted molar refractivity (Wildman–Crippen MR) is 80.7 cm³/mol. The average molecular weight is 299 g/mol. The van der Waals surface area contributed by atoms with Gasteiger partial charge >= 0.3 is 0 Å². The summed E-state index contributed by atoms with van der Waals surface area (Å²) in [7, 11) is 4.08.